The molecule has 1 aliphatic heterocycles. The lowest BCUT2D eigenvalue weighted by Crippen LogP contribution is -2.63. The molecule has 0 aromatic heterocycles. The number of benzene rings is 1. The van der Waals surface area contributed by atoms with Gasteiger partial charge in [0.15, 0.2) is 0 Å². The van der Waals surface area contributed by atoms with E-state index in [1.807, 2.05) is 0 Å². The Bertz CT molecular complexity index is 556. The molecule has 1 saturated heterocycles. The first kappa shape index (κ1) is 14.2. The zero-order chi connectivity index (χ0) is 15.0. The molecule has 22 heavy (non-hydrogen) atoms. The average molecular weight is 300 g/mol. The maximum absolute atomic E-state index is 9.70. The molecule has 2 bridgehead atoms. The third-order valence-corrected chi connectivity index (χ3v) is 6.21. The van der Waals surface area contributed by atoms with E-state index < -0.39 is 0 Å². The van der Waals surface area contributed by atoms with Crippen LogP contribution in [-0.2, 0) is 10.2 Å². The van der Waals surface area contributed by atoms with Crippen LogP contribution in [0.4, 0.5) is 0 Å². The van der Waals surface area contributed by atoms with E-state index in [-0.39, 0.29) is 11.0 Å². The number of morpholine rings is 1. The van der Waals surface area contributed by atoms with Crippen LogP contribution in [0, 0.1) is 0 Å². The Labute approximate surface area is 131 Å². The summed E-state index contributed by atoms with van der Waals surface area (Å²) in [6, 6.07) is 10.6. The predicted octanol–water partition coefficient (Wildman–Crippen LogP) is 2.80. The van der Waals surface area contributed by atoms with Gasteiger partial charge in [-0.25, -0.2) is 0 Å². The molecule has 1 N–H and O–H groups in total. The van der Waals surface area contributed by atoms with Crippen LogP contribution in [-0.4, -0.2) is 47.7 Å². The van der Waals surface area contributed by atoms with Crippen molar-refractivity contribution >= 4 is 5.71 Å². The van der Waals surface area contributed by atoms with Crippen molar-refractivity contribution in [3.05, 3.63) is 35.9 Å². The highest BCUT2D eigenvalue weighted by atomic mass is 16.5. The Morgan fingerprint density at radius 2 is 1.68 bits per heavy atom. The molecule has 4 fully saturated rings. The third kappa shape index (κ3) is 2.01. The minimum atomic E-state index is -0.0377. The molecule has 1 aromatic carbocycles. The van der Waals surface area contributed by atoms with Gasteiger partial charge in [-0.1, -0.05) is 35.5 Å². The number of ether oxygens (including phenoxy) is 1. The molecule has 1 heterocycles. The second kappa shape index (κ2) is 5.36. The molecule has 3 aliphatic carbocycles. The van der Waals surface area contributed by atoms with Gasteiger partial charge in [0, 0.05) is 30.5 Å². The number of nitrogens with zero attached hydrogens (tertiary/aromatic N) is 2. The Morgan fingerprint density at radius 3 is 2.32 bits per heavy atom. The van der Waals surface area contributed by atoms with Gasteiger partial charge in [-0.3, -0.25) is 4.90 Å². The zero-order valence-electron chi connectivity index (χ0n) is 13.0. The zero-order valence-corrected chi connectivity index (χ0v) is 13.0. The molecule has 0 unspecified atom stereocenters. The van der Waals surface area contributed by atoms with Gasteiger partial charge in [0.1, 0.15) is 0 Å². The standard InChI is InChI=1S/C18H24N2O2/c21-19-16-14-17(20-10-12-22-13-11-20)6-8-18(16,9-7-17)15-4-2-1-3-5-15/h1-5,21H,6-14H2/b19-16+. The molecule has 0 amide bonds. The largest absolute Gasteiger partial charge is 0.411 e. The first-order chi connectivity index (χ1) is 10.8. The van der Waals surface area contributed by atoms with E-state index in [4.69, 9.17) is 4.74 Å². The molecular formula is C18H24N2O2. The maximum Gasteiger partial charge on any atom is 0.0694 e. The van der Waals surface area contributed by atoms with Crippen molar-refractivity contribution in [3.63, 3.8) is 0 Å². The van der Waals surface area contributed by atoms with Crippen molar-refractivity contribution in [3.8, 4) is 0 Å². The highest BCUT2D eigenvalue weighted by molar-refractivity contribution is 5.97. The fourth-order valence-electron chi connectivity index (χ4n) is 4.90. The maximum atomic E-state index is 9.70. The Kier molecular flexibility index (Phi) is 3.46. The van der Waals surface area contributed by atoms with Gasteiger partial charge in [0.2, 0.25) is 0 Å². The van der Waals surface area contributed by atoms with Crippen LogP contribution in [0.1, 0.15) is 37.7 Å². The molecule has 0 atom stereocenters. The van der Waals surface area contributed by atoms with Gasteiger partial charge < -0.3 is 9.94 Å². The molecule has 4 nitrogen and oxygen atoms in total. The number of rotatable bonds is 2. The van der Waals surface area contributed by atoms with E-state index in [9.17, 15) is 5.21 Å². The van der Waals surface area contributed by atoms with E-state index >= 15 is 0 Å². The van der Waals surface area contributed by atoms with E-state index in [0.29, 0.717) is 0 Å². The van der Waals surface area contributed by atoms with Gasteiger partial charge in [-0.2, -0.15) is 0 Å². The topological polar surface area (TPSA) is 45.1 Å². The second-order valence-corrected chi connectivity index (χ2v) is 7.00. The van der Waals surface area contributed by atoms with Crippen molar-refractivity contribution in [2.24, 2.45) is 5.16 Å². The van der Waals surface area contributed by atoms with Crippen LogP contribution in [0.25, 0.3) is 0 Å². The van der Waals surface area contributed by atoms with Crippen molar-refractivity contribution in [1.82, 2.24) is 4.90 Å². The van der Waals surface area contributed by atoms with Crippen LogP contribution >= 0.6 is 0 Å². The van der Waals surface area contributed by atoms with Crippen LogP contribution in [0.2, 0.25) is 0 Å². The monoisotopic (exact) mass is 300 g/mol. The summed E-state index contributed by atoms with van der Waals surface area (Å²) in [6.07, 6.45) is 5.47. The van der Waals surface area contributed by atoms with Gasteiger partial charge in [0.25, 0.3) is 0 Å². The second-order valence-electron chi connectivity index (χ2n) is 7.00. The van der Waals surface area contributed by atoms with Gasteiger partial charge in [-0.05, 0) is 31.2 Å². The summed E-state index contributed by atoms with van der Waals surface area (Å²) in [5, 5.41) is 13.5. The van der Waals surface area contributed by atoms with E-state index in [0.717, 1.165) is 51.3 Å². The first-order valence-electron chi connectivity index (χ1n) is 8.39. The van der Waals surface area contributed by atoms with Crippen LogP contribution in [0.5, 0.6) is 0 Å². The van der Waals surface area contributed by atoms with Crippen molar-refractivity contribution < 1.29 is 9.94 Å². The van der Waals surface area contributed by atoms with E-state index in [2.05, 4.69) is 40.4 Å². The predicted molar refractivity (Wildman–Crippen MR) is 85.5 cm³/mol. The quantitative estimate of drug-likeness (QED) is 0.675. The first-order valence-corrected chi connectivity index (χ1v) is 8.39. The molecule has 118 valence electrons. The molecular weight excluding hydrogens is 276 g/mol. The molecule has 4 heteroatoms. The number of hydrogen-bond acceptors (Lipinski definition) is 4. The molecule has 5 rings (SSSR count). The van der Waals surface area contributed by atoms with Crippen LogP contribution < -0.4 is 0 Å². The third-order valence-electron chi connectivity index (χ3n) is 6.21. The lowest BCUT2D eigenvalue weighted by molar-refractivity contribution is -0.0481. The van der Waals surface area contributed by atoms with E-state index in [1.165, 1.54) is 18.4 Å². The van der Waals surface area contributed by atoms with Gasteiger partial charge >= 0.3 is 0 Å². The van der Waals surface area contributed by atoms with Gasteiger partial charge in [0.05, 0.1) is 18.9 Å². The van der Waals surface area contributed by atoms with Crippen molar-refractivity contribution in [1.29, 1.82) is 0 Å². The minimum absolute atomic E-state index is 0.0377. The van der Waals surface area contributed by atoms with Crippen molar-refractivity contribution in [2.75, 3.05) is 26.3 Å². The van der Waals surface area contributed by atoms with Crippen LogP contribution in [0.3, 0.4) is 0 Å². The summed E-state index contributed by atoms with van der Waals surface area (Å²) >= 11 is 0. The summed E-state index contributed by atoms with van der Waals surface area (Å²) < 4.78 is 5.51. The summed E-state index contributed by atoms with van der Waals surface area (Å²) in [4.78, 5) is 2.59. The Hall–Kier alpha value is -1.39. The molecule has 0 spiro atoms. The lowest BCUT2D eigenvalue weighted by Gasteiger charge is -2.58. The SMILES string of the molecule is O/N=C1\CC2(N3CCOCC3)CCC1(c1ccccc1)CC2. The number of hydrogen-bond donors (Lipinski definition) is 1. The lowest BCUT2D eigenvalue weighted by atomic mass is 9.53. The Balaban J connectivity index is 1.66. The smallest absolute Gasteiger partial charge is 0.0694 e. The fourth-order valence-corrected chi connectivity index (χ4v) is 4.90. The normalized spacial score (nSPS) is 37.5. The molecule has 1 aromatic rings. The number of oxime groups is 1. The van der Waals surface area contributed by atoms with Crippen LogP contribution in [0.15, 0.2) is 35.5 Å². The Morgan fingerprint density at radius 1 is 1.00 bits per heavy atom. The average Bonchev–Trinajstić information content (AvgIpc) is 2.64. The fraction of sp³-hybridized carbons (Fsp3) is 0.611. The van der Waals surface area contributed by atoms with Gasteiger partial charge in [-0.15, -0.1) is 0 Å². The highest BCUT2D eigenvalue weighted by Gasteiger charge is 2.55. The summed E-state index contributed by atoms with van der Waals surface area (Å²) in [7, 11) is 0. The highest BCUT2D eigenvalue weighted by Crippen LogP contribution is 2.54. The molecule has 4 aliphatic rings. The summed E-state index contributed by atoms with van der Waals surface area (Å²) in [5.41, 5.74) is 2.46. The summed E-state index contributed by atoms with van der Waals surface area (Å²) in [5.74, 6) is 0. The minimum Gasteiger partial charge on any atom is -0.411 e. The number of fused-ring (bicyclic) bond motifs is 3. The van der Waals surface area contributed by atoms with Crippen molar-refractivity contribution in [2.45, 2.75) is 43.1 Å². The summed E-state index contributed by atoms with van der Waals surface area (Å²) in [6.45, 7) is 3.68. The molecule has 3 saturated carbocycles. The molecule has 0 radical (unpaired) electrons. The van der Waals surface area contributed by atoms with E-state index in [1.54, 1.807) is 0 Å².